The molecular formula is C15H18N2O2. The number of likely N-dealkylation sites (N-methyl/N-ethyl adjacent to an activating group) is 1. The third-order valence-electron chi connectivity index (χ3n) is 3.73. The Bertz CT molecular complexity index is 655. The lowest BCUT2D eigenvalue weighted by Crippen LogP contribution is -2.44. The molecule has 0 N–H and O–H groups in total. The summed E-state index contributed by atoms with van der Waals surface area (Å²) in [6.45, 7) is 6.02. The van der Waals surface area contributed by atoms with Crippen LogP contribution in [0.2, 0.25) is 0 Å². The van der Waals surface area contributed by atoms with Gasteiger partial charge in [-0.1, -0.05) is 0 Å². The summed E-state index contributed by atoms with van der Waals surface area (Å²) in [5.74, 6) is 0. The minimum absolute atomic E-state index is 0.0281. The first-order valence-corrected chi connectivity index (χ1v) is 6.61. The summed E-state index contributed by atoms with van der Waals surface area (Å²) in [4.78, 5) is 16.5. The number of aryl methyl sites for hydroxylation is 1. The molecule has 0 spiro atoms. The fourth-order valence-corrected chi connectivity index (χ4v) is 2.60. The highest BCUT2D eigenvalue weighted by molar-refractivity contribution is 5.89. The molecule has 1 aliphatic heterocycles. The first-order chi connectivity index (χ1) is 9.15. The van der Waals surface area contributed by atoms with Crippen LogP contribution in [0.4, 0.5) is 5.69 Å². The third-order valence-corrected chi connectivity index (χ3v) is 3.73. The molecule has 3 rings (SSSR count). The van der Waals surface area contributed by atoms with Gasteiger partial charge in [0.25, 0.3) is 0 Å². The van der Waals surface area contributed by atoms with Crippen molar-refractivity contribution in [2.24, 2.45) is 0 Å². The van der Waals surface area contributed by atoms with E-state index in [1.807, 2.05) is 13.0 Å². The lowest BCUT2D eigenvalue weighted by atomic mass is 10.1. The summed E-state index contributed by atoms with van der Waals surface area (Å²) in [7, 11) is 2.13. The van der Waals surface area contributed by atoms with E-state index in [9.17, 15) is 4.79 Å². The summed E-state index contributed by atoms with van der Waals surface area (Å²) in [5.41, 5.74) is 2.88. The molecule has 1 fully saturated rings. The Morgan fingerprint density at radius 3 is 2.63 bits per heavy atom. The predicted octanol–water partition coefficient (Wildman–Crippen LogP) is 1.85. The highest BCUT2D eigenvalue weighted by atomic mass is 16.3. The largest absolute Gasteiger partial charge is 0.462 e. The molecule has 0 bridgehead atoms. The molecule has 1 saturated heterocycles. The minimum Gasteiger partial charge on any atom is -0.462 e. The van der Waals surface area contributed by atoms with Crippen molar-refractivity contribution in [1.82, 2.24) is 4.90 Å². The highest BCUT2D eigenvalue weighted by Gasteiger charge is 2.18. The smallest absolute Gasteiger partial charge is 0.192 e. The molecule has 1 aliphatic rings. The van der Waals surface area contributed by atoms with Crippen LogP contribution in [-0.4, -0.2) is 38.1 Å². The first kappa shape index (κ1) is 12.2. The molecule has 4 heteroatoms. The van der Waals surface area contributed by atoms with E-state index in [0.717, 1.165) is 37.4 Å². The van der Waals surface area contributed by atoms with Crippen LogP contribution in [-0.2, 0) is 0 Å². The molecule has 0 unspecified atom stereocenters. The zero-order valence-corrected chi connectivity index (χ0v) is 11.3. The van der Waals surface area contributed by atoms with Crippen molar-refractivity contribution in [3.8, 4) is 0 Å². The molecule has 0 atom stereocenters. The standard InChI is InChI=1S/C15H18N2O2/c1-11-9-12-14(18)3-8-19-15(12)13(10-11)17-6-4-16(2)5-7-17/h3,8-10H,4-7H2,1-2H3. The number of fused-ring (bicyclic) bond motifs is 1. The van der Waals surface area contributed by atoms with Crippen molar-refractivity contribution < 1.29 is 4.42 Å². The van der Waals surface area contributed by atoms with E-state index in [4.69, 9.17) is 4.42 Å². The van der Waals surface area contributed by atoms with Crippen LogP contribution in [0.25, 0.3) is 11.0 Å². The van der Waals surface area contributed by atoms with Gasteiger partial charge in [-0.05, 0) is 31.7 Å². The predicted molar refractivity (Wildman–Crippen MR) is 76.9 cm³/mol. The van der Waals surface area contributed by atoms with Crippen LogP contribution in [0.1, 0.15) is 5.56 Å². The Morgan fingerprint density at radius 1 is 1.16 bits per heavy atom. The van der Waals surface area contributed by atoms with Gasteiger partial charge in [0.1, 0.15) is 0 Å². The molecule has 0 amide bonds. The van der Waals surface area contributed by atoms with E-state index in [2.05, 4.69) is 22.9 Å². The molecule has 0 aliphatic carbocycles. The van der Waals surface area contributed by atoms with Gasteiger partial charge in [-0.2, -0.15) is 0 Å². The lowest BCUT2D eigenvalue weighted by molar-refractivity contribution is 0.313. The molecule has 2 heterocycles. The average molecular weight is 258 g/mol. The third kappa shape index (κ3) is 2.24. The van der Waals surface area contributed by atoms with E-state index < -0.39 is 0 Å². The summed E-state index contributed by atoms with van der Waals surface area (Å²) in [6, 6.07) is 5.49. The molecule has 2 aromatic rings. The maximum Gasteiger partial charge on any atom is 0.192 e. The molecule has 4 nitrogen and oxygen atoms in total. The maximum atomic E-state index is 11.9. The van der Waals surface area contributed by atoms with Crippen LogP contribution < -0.4 is 10.3 Å². The zero-order valence-electron chi connectivity index (χ0n) is 11.3. The number of anilines is 1. The normalized spacial score (nSPS) is 17.1. The van der Waals surface area contributed by atoms with Crippen LogP contribution in [0.15, 0.2) is 33.7 Å². The van der Waals surface area contributed by atoms with Crippen LogP contribution in [0.3, 0.4) is 0 Å². The number of piperazine rings is 1. The van der Waals surface area contributed by atoms with E-state index in [1.165, 1.54) is 12.3 Å². The van der Waals surface area contributed by atoms with Gasteiger partial charge in [-0.3, -0.25) is 4.79 Å². The van der Waals surface area contributed by atoms with Gasteiger partial charge in [0, 0.05) is 32.2 Å². The summed E-state index contributed by atoms with van der Waals surface area (Å²) in [6.07, 6.45) is 1.49. The fourth-order valence-electron chi connectivity index (χ4n) is 2.60. The van der Waals surface area contributed by atoms with Gasteiger partial charge in [-0.15, -0.1) is 0 Å². The molecule has 0 radical (unpaired) electrons. The SMILES string of the molecule is Cc1cc(N2CCN(C)CC2)c2occc(=O)c2c1. The second kappa shape index (κ2) is 4.70. The van der Waals surface area contributed by atoms with Crippen LogP contribution in [0.5, 0.6) is 0 Å². The monoisotopic (exact) mass is 258 g/mol. The molecule has 100 valence electrons. The Labute approximate surface area is 112 Å². The van der Waals surface area contributed by atoms with Crippen molar-refractivity contribution >= 4 is 16.7 Å². The number of hydrogen-bond acceptors (Lipinski definition) is 4. The lowest BCUT2D eigenvalue weighted by Gasteiger charge is -2.34. The van der Waals surface area contributed by atoms with Gasteiger partial charge in [-0.25, -0.2) is 0 Å². The minimum atomic E-state index is 0.0281. The van der Waals surface area contributed by atoms with Gasteiger partial charge in [0.2, 0.25) is 0 Å². The van der Waals surface area contributed by atoms with Crippen molar-refractivity contribution in [3.63, 3.8) is 0 Å². The second-order valence-corrected chi connectivity index (χ2v) is 5.24. The van der Waals surface area contributed by atoms with Gasteiger partial charge >= 0.3 is 0 Å². The Hall–Kier alpha value is -1.81. The molecule has 1 aromatic heterocycles. The first-order valence-electron chi connectivity index (χ1n) is 6.61. The number of rotatable bonds is 1. The van der Waals surface area contributed by atoms with Crippen molar-refractivity contribution in [2.45, 2.75) is 6.92 Å². The zero-order chi connectivity index (χ0) is 13.4. The van der Waals surface area contributed by atoms with E-state index >= 15 is 0 Å². The second-order valence-electron chi connectivity index (χ2n) is 5.24. The Balaban J connectivity index is 2.12. The van der Waals surface area contributed by atoms with Crippen LogP contribution >= 0.6 is 0 Å². The topological polar surface area (TPSA) is 36.7 Å². The van der Waals surface area contributed by atoms with Gasteiger partial charge in [0.15, 0.2) is 11.0 Å². The van der Waals surface area contributed by atoms with Gasteiger partial charge in [0.05, 0.1) is 17.3 Å². The van der Waals surface area contributed by atoms with E-state index in [1.54, 1.807) is 0 Å². The number of hydrogen-bond donors (Lipinski definition) is 0. The Morgan fingerprint density at radius 2 is 1.89 bits per heavy atom. The number of nitrogens with zero attached hydrogens (tertiary/aromatic N) is 2. The van der Waals surface area contributed by atoms with Gasteiger partial charge < -0.3 is 14.2 Å². The fraction of sp³-hybridized carbons (Fsp3) is 0.400. The Kier molecular flexibility index (Phi) is 3.03. The average Bonchev–Trinajstić information content (AvgIpc) is 2.40. The molecule has 19 heavy (non-hydrogen) atoms. The van der Waals surface area contributed by atoms with Crippen LogP contribution in [0, 0.1) is 6.92 Å². The maximum absolute atomic E-state index is 11.9. The summed E-state index contributed by atoms with van der Waals surface area (Å²) in [5, 5.41) is 0.677. The van der Waals surface area contributed by atoms with E-state index in [0.29, 0.717) is 11.0 Å². The van der Waals surface area contributed by atoms with Crippen molar-refractivity contribution in [3.05, 3.63) is 40.2 Å². The van der Waals surface area contributed by atoms with E-state index in [-0.39, 0.29) is 5.43 Å². The molecule has 1 aromatic carbocycles. The quantitative estimate of drug-likeness (QED) is 0.782. The van der Waals surface area contributed by atoms with Crippen molar-refractivity contribution in [2.75, 3.05) is 38.1 Å². The summed E-state index contributed by atoms with van der Waals surface area (Å²) < 4.78 is 5.60. The summed E-state index contributed by atoms with van der Waals surface area (Å²) >= 11 is 0. The highest BCUT2D eigenvalue weighted by Crippen LogP contribution is 2.27. The molecule has 0 saturated carbocycles. The molecular weight excluding hydrogens is 240 g/mol. The van der Waals surface area contributed by atoms with Crippen molar-refractivity contribution in [1.29, 1.82) is 0 Å². The number of benzene rings is 1.